The first-order chi connectivity index (χ1) is 8.44. The Morgan fingerprint density at radius 1 is 1.22 bits per heavy atom. The third kappa shape index (κ3) is 5.60. The molecule has 0 unspecified atom stereocenters. The van der Waals surface area contributed by atoms with Crippen LogP contribution in [0.1, 0.15) is 12.5 Å². The van der Waals surface area contributed by atoms with Gasteiger partial charge in [0.05, 0.1) is 0 Å². The molecule has 2 nitrogen and oxygen atoms in total. The number of hydrogen-bond acceptors (Lipinski definition) is 2. The highest BCUT2D eigenvalue weighted by atomic mass is 35.5. The van der Waals surface area contributed by atoms with Crippen LogP contribution in [0.4, 0.5) is 13.2 Å². The second kappa shape index (κ2) is 6.85. The Morgan fingerprint density at radius 3 is 2.28 bits per heavy atom. The molecule has 0 aliphatic carbocycles. The quantitative estimate of drug-likeness (QED) is 0.738. The van der Waals surface area contributed by atoms with Crippen molar-refractivity contribution in [2.45, 2.75) is 19.8 Å². The average molecular weight is 282 g/mol. The molecule has 0 aliphatic rings. The third-order valence-electron chi connectivity index (χ3n) is 2.41. The summed E-state index contributed by atoms with van der Waals surface area (Å²) in [5, 5.41) is 0. The summed E-state index contributed by atoms with van der Waals surface area (Å²) in [4.78, 5) is 2.10. The van der Waals surface area contributed by atoms with Crippen LogP contribution in [0.2, 0.25) is 0 Å². The van der Waals surface area contributed by atoms with E-state index in [0.29, 0.717) is 12.4 Å². The topological polar surface area (TPSA) is 12.5 Å². The highest BCUT2D eigenvalue weighted by Crippen LogP contribution is 2.23. The summed E-state index contributed by atoms with van der Waals surface area (Å²) >= 11 is 5.65. The monoisotopic (exact) mass is 281 g/mol. The molecule has 0 spiro atoms. The van der Waals surface area contributed by atoms with Crippen LogP contribution in [0.5, 0.6) is 5.75 Å². The van der Waals surface area contributed by atoms with E-state index in [1.807, 2.05) is 6.92 Å². The minimum atomic E-state index is -4.64. The van der Waals surface area contributed by atoms with Crippen molar-refractivity contribution in [3.8, 4) is 5.75 Å². The summed E-state index contributed by atoms with van der Waals surface area (Å²) in [7, 11) is 0. The van der Waals surface area contributed by atoms with Crippen molar-refractivity contribution >= 4 is 11.6 Å². The van der Waals surface area contributed by atoms with E-state index >= 15 is 0 Å². The first kappa shape index (κ1) is 15.1. The van der Waals surface area contributed by atoms with Gasteiger partial charge in [-0.1, -0.05) is 19.1 Å². The third-order valence-corrected chi connectivity index (χ3v) is 2.58. The van der Waals surface area contributed by atoms with Crippen molar-refractivity contribution in [1.82, 2.24) is 4.90 Å². The van der Waals surface area contributed by atoms with Gasteiger partial charge >= 0.3 is 6.36 Å². The Bertz CT molecular complexity index is 353. The lowest BCUT2D eigenvalue weighted by Crippen LogP contribution is -2.24. The van der Waals surface area contributed by atoms with Crippen LogP contribution < -0.4 is 4.74 Å². The summed E-state index contributed by atoms with van der Waals surface area (Å²) in [6, 6.07) is 5.88. The number of hydrogen-bond donors (Lipinski definition) is 0. The minimum Gasteiger partial charge on any atom is -0.406 e. The van der Waals surface area contributed by atoms with Gasteiger partial charge in [-0.05, 0) is 24.2 Å². The fraction of sp³-hybridized carbons (Fsp3) is 0.500. The zero-order chi connectivity index (χ0) is 13.6. The SMILES string of the molecule is CCN(CCCl)Cc1ccc(OC(F)(F)F)cc1. The lowest BCUT2D eigenvalue weighted by molar-refractivity contribution is -0.274. The van der Waals surface area contributed by atoms with Crippen molar-refractivity contribution in [2.24, 2.45) is 0 Å². The van der Waals surface area contributed by atoms with Gasteiger partial charge in [-0.2, -0.15) is 0 Å². The van der Waals surface area contributed by atoms with E-state index in [2.05, 4.69) is 9.64 Å². The number of alkyl halides is 4. The van der Waals surface area contributed by atoms with Gasteiger partial charge in [0.15, 0.2) is 0 Å². The molecule has 0 amide bonds. The van der Waals surface area contributed by atoms with E-state index in [1.54, 1.807) is 12.1 Å². The van der Waals surface area contributed by atoms with E-state index in [9.17, 15) is 13.2 Å². The molecule has 6 heteroatoms. The van der Waals surface area contributed by atoms with Gasteiger partial charge in [0.2, 0.25) is 0 Å². The molecule has 102 valence electrons. The van der Waals surface area contributed by atoms with Crippen LogP contribution >= 0.6 is 11.6 Å². The summed E-state index contributed by atoms with van der Waals surface area (Å²) in [6.45, 7) is 4.26. The normalized spacial score (nSPS) is 11.9. The van der Waals surface area contributed by atoms with Crippen LogP contribution in [0.3, 0.4) is 0 Å². The maximum atomic E-state index is 12.0. The van der Waals surface area contributed by atoms with Gasteiger partial charge in [-0.3, -0.25) is 4.90 Å². The molecule has 0 fully saturated rings. The van der Waals surface area contributed by atoms with E-state index in [4.69, 9.17) is 11.6 Å². The fourth-order valence-corrected chi connectivity index (χ4v) is 1.76. The Kier molecular flexibility index (Phi) is 5.75. The second-order valence-electron chi connectivity index (χ2n) is 3.75. The smallest absolute Gasteiger partial charge is 0.406 e. The Morgan fingerprint density at radius 2 is 1.83 bits per heavy atom. The molecule has 0 bridgehead atoms. The largest absolute Gasteiger partial charge is 0.573 e. The first-order valence-corrected chi connectivity index (χ1v) is 6.11. The number of rotatable bonds is 6. The number of halogens is 4. The molecule has 0 atom stereocenters. The molecular formula is C12H15ClF3NO. The van der Waals surface area contributed by atoms with Crippen molar-refractivity contribution in [3.05, 3.63) is 29.8 Å². The minimum absolute atomic E-state index is 0.202. The predicted octanol–water partition coefficient (Wildman–Crippen LogP) is 3.65. The van der Waals surface area contributed by atoms with Gasteiger partial charge in [0, 0.05) is 19.0 Å². The summed E-state index contributed by atoms with van der Waals surface area (Å²) < 4.78 is 39.7. The van der Waals surface area contributed by atoms with Crippen molar-refractivity contribution < 1.29 is 17.9 Å². The van der Waals surface area contributed by atoms with Gasteiger partial charge in [0.25, 0.3) is 0 Å². The van der Waals surface area contributed by atoms with Crippen molar-refractivity contribution in [1.29, 1.82) is 0 Å². The molecule has 1 aromatic rings. The molecule has 18 heavy (non-hydrogen) atoms. The zero-order valence-electron chi connectivity index (χ0n) is 10.0. The van der Waals surface area contributed by atoms with E-state index in [-0.39, 0.29) is 5.75 Å². The molecule has 0 N–H and O–H groups in total. The zero-order valence-corrected chi connectivity index (χ0v) is 10.8. The van der Waals surface area contributed by atoms with Gasteiger partial charge in [0.1, 0.15) is 5.75 Å². The summed E-state index contributed by atoms with van der Waals surface area (Å²) in [6.07, 6.45) is -4.64. The number of benzene rings is 1. The standard InChI is InChI=1S/C12H15ClF3NO/c1-2-17(8-7-13)9-10-3-5-11(6-4-10)18-12(14,15)16/h3-6H,2,7-9H2,1H3. The van der Waals surface area contributed by atoms with Crippen LogP contribution in [0, 0.1) is 0 Å². The van der Waals surface area contributed by atoms with Gasteiger partial charge in [-0.15, -0.1) is 24.8 Å². The van der Waals surface area contributed by atoms with E-state index in [0.717, 1.165) is 18.7 Å². The molecule has 1 rings (SSSR count). The number of ether oxygens (including phenoxy) is 1. The van der Waals surface area contributed by atoms with Crippen LogP contribution in [-0.2, 0) is 6.54 Å². The van der Waals surface area contributed by atoms with Gasteiger partial charge < -0.3 is 4.74 Å². The molecule has 0 saturated carbocycles. The molecule has 1 aromatic carbocycles. The maximum Gasteiger partial charge on any atom is 0.573 e. The van der Waals surface area contributed by atoms with Crippen molar-refractivity contribution in [2.75, 3.05) is 19.0 Å². The molecule has 0 aliphatic heterocycles. The van der Waals surface area contributed by atoms with Crippen LogP contribution in [-0.4, -0.2) is 30.2 Å². The Balaban J connectivity index is 2.59. The lowest BCUT2D eigenvalue weighted by Gasteiger charge is -2.19. The van der Waals surface area contributed by atoms with E-state index in [1.165, 1.54) is 12.1 Å². The number of nitrogens with zero attached hydrogens (tertiary/aromatic N) is 1. The molecular weight excluding hydrogens is 267 g/mol. The molecule has 0 radical (unpaired) electrons. The van der Waals surface area contributed by atoms with Crippen LogP contribution in [0.25, 0.3) is 0 Å². The fourth-order valence-electron chi connectivity index (χ4n) is 1.52. The highest BCUT2D eigenvalue weighted by Gasteiger charge is 2.30. The Labute approximate surface area is 109 Å². The summed E-state index contributed by atoms with van der Waals surface area (Å²) in [5.41, 5.74) is 0.927. The van der Waals surface area contributed by atoms with Crippen molar-refractivity contribution in [3.63, 3.8) is 0 Å². The summed E-state index contributed by atoms with van der Waals surface area (Å²) in [5.74, 6) is 0.329. The second-order valence-corrected chi connectivity index (χ2v) is 4.13. The highest BCUT2D eigenvalue weighted by molar-refractivity contribution is 6.18. The lowest BCUT2D eigenvalue weighted by atomic mass is 10.2. The average Bonchev–Trinajstić information content (AvgIpc) is 2.29. The maximum absolute atomic E-state index is 12.0. The van der Waals surface area contributed by atoms with Gasteiger partial charge in [-0.25, -0.2) is 0 Å². The first-order valence-electron chi connectivity index (χ1n) is 5.57. The van der Waals surface area contributed by atoms with E-state index < -0.39 is 6.36 Å². The predicted molar refractivity (Wildman–Crippen MR) is 64.8 cm³/mol. The Hall–Kier alpha value is -0.940. The molecule has 0 saturated heterocycles. The molecule has 0 heterocycles. The molecule has 0 aromatic heterocycles. The van der Waals surface area contributed by atoms with Crippen LogP contribution in [0.15, 0.2) is 24.3 Å².